The molecule has 0 spiro atoms. The smallest absolute Gasteiger partial charge is 0.247 e. The molecule has 21 heavy (non-hydrogen) atoms. The van der Waals surface area contributed by atoms with Gasteiger partial charge in [0, 0.05) is 13.1 Å². The molecule has 0 aromatic heterocycles. The van der Waals surface area contributed by atoms with Crippen LogP contribution in [0.2, 0.25) is 5.02 Å². The van der Waals surface area contributed by atoms with E-state index in [9.17, 15) is 13.2 Å². The molecule has 1 N–H and O–H groups in total. The van der Waals surface area contributed by atoms with Crippen molar-refractivity contribution in [3.05, 3.63) is 35.9 Å². The number of nitrogens with zero attached hydrogens (tertiary/aromatic N) is 1. The molecule has 0 aliphatic carbocycles. The van der Waals surface area contributed by atoms with Crippen molar-refractivity contribution in [1.82, 2.24) is 4.31 Å². The molecular weight excluding hydrogens is 312 g/mol. The molecule has 1 aromatic rings. The molecule has 0 bridgehead atoms. The lowest BCUT2D eigenvalue weighted by Gasteiger charge is -2.26. The maximum absolute atomic E-state index is 12.6. The minimum atomic E-state index is -3.55. The first-order chi connectivity index (χ1) is 9.95. The van der Waals surface area contributed by atoms with E-state index in [-0.39, 0.29) is 15.6 Å². The number of halogens is 1. The van der Waals surface area contributed by atoms with Crippen LogP contribution in [0.25, 0.3) is 0 Å². The highest BCUT2D eigenvalue weighted by Gasteiger charge is 2.26. The maximum atomic E-state index is 12.6. The first-order valence-electron chi connectivity index (χ1n) is 6.68. The Kier molecular flexibility index (Phi) is 5.03. The highest BCUT2D eigenvalue weighted by molar-refractivity contribution is 7.89. The van der Waals surface area contributed by atoms with E-state index >= 15 is 0 Å². The Bertz CT molecular complexity index is 652. The topological polar surface area (TPSA) is 66.5 Å². The van der Waals surface area contributed by atoms with Crippen LogP contribution < -0.4 is 5.32 Å². The predicted octanol–water partition coefficient (Wildman–Crippen LogP) is 2.64. The van der Waals surface area contributed by atoms with Gasteiger partial charge in [-0.2, -0.15) is 4.31 Å². The third kappa shape index (κ3) is 3.64. The zero-order valence-corrected chi connectivity index (χ0v) is 13.1. The van der Waals surface area contributed by atoms with Gasteiger partial charge in [-0.05, 0) is 37.1 Å². The van der Waals surface area contributed by atoms with E-state index in [0.29, 0.717) is 13.1 Å². The number of rotatable bonds is 4. The third-order valence-electron chi connectivity index (χ3n) is 3.33. The lowest BCUT2D eigenvalue weighted by atomic mass is 10.2. The Hall–Kier alpha value is -1.37. The fraction of sp³-hybridized carbons (Fsp3) is 0.357. The fourth-order valence-corrected chi connectivity index (χ4v) is 3.91. The largest absolute Gasteiger partial charge is 0.321 e. The van der Waals surface area contributed by atoms with E-state index < -0.39 is 15.9 Å². The second-order valence-corrected chi connectivity index (χ2v) is 7.14. The summed E-state index contributed by atoms with van der Waals surface area (Å²) in [7, 11) is -3.55. The van der Waals surface area contributed by atoms with Crippen molar-refractivity contribution in [3.63, 3.8) is 0 Å². The fourth-order valence-electron chi connectivity index (χ4n) is 2.20. The molecule has 0 unspecified atom stereocenters. The van der Waals surface area contributed by atoms with E-state index in [1.165, 1.54) is 22.5 Å². The molecule has 1 fully saturated rings. The van der Waals surface area contributed by atoms with Gasteiger partial charge in [0.1, 0.15) is 0 Å². The average molecular weight is 329 g/mol. The molecule has 5 nitrogen and oxygen atoms in total. The van der Waals surface area contributed by atoms with Gasteiger partial charge < -0.3 is 5.32 Å². The molecular formula is C14H17ClN2O3S. The van der Waals surface area contributed by atoms with Crippen LogP contribution in [0.3, 0.4) is 0 Å². The van der Waals surface area contributed by atoms with Crippen LogP contribution in [0.5, 0.6) is 0 Å². The zero-order valence-electron chi connectivity index (χ0n) is 11.5. The minimum absolute atomic E-state index is 0.133. The molecule has 1 aliphatic heterocycles. The molecule has 1 heterocycles. The highest BCUT2D eigenvalue weighted by atomic mass is 35.5. The van der Waals surface area contributed by atoms with Crippen LogP contribution in [0.4, 0.5) is 5.69 Å². The molecule has 1 aromatic carbocycles. The molecule has 0 atom stereocenters. The molecule has 0 saturated carbocycles. The van der Waals surface area contributed by atoms with Crippen molar-refractivity contribution < 1.29 is 13.2 Å². The second kappa shape index (κ2) is 6.60. The number of piperidine rings is 1. The highest BCUT2D eigenvalue weighted by Crippen LogP contribution is 2.28. The summed E-state index contributed by atoms with van der Waals surface area (Å²) in [6.45, 7) is 4.40. The van der Waals surface area contributed by atoms with E-state index in [0.717, 1.165) is 25.3 Å². The Morgan fingerprint density at radius 3 is 2.57 bits per heavy atom. The van der Waals surface area contributed by atoms with Crippen LogP contribution >= 0.6 is 11.6 Å². The molecule has 7 heteroatoms. The Morgan fingerprint density at radius 2 is 1.95 bits per heavy atom. The summed E-state index contributed by atoms with van der Waals surface area (Å²) in [5.41, 5.74) is 0.264. The van der Waals surface area contributed by atoms with Gasteiger partial charge >= 0.3 is 0 Å². The van der Waals surface area contributed by atoms with Crippen molar-refractivity contribution in [2.24, 2.45) is 0 Å². The minimum Gasteiger partial charge on any atom is -0.321 e. The third-order valence-corrected chi connectivity index (χ3v) is 5.56. The number of anilines is 1. The average Bonchev–Trinajstić information content (AvgIpc) is 2.50. The van der Waals surface area contributed by atoms with Crippen LogP contribution in [0.1, 0.15) is 19.3 Å². The lowest BCUT2D eigenvalue weighted by molar-refractivity contribution is -0.111. The van der Waals surface area contributed by atoms with Gasteiger partial charge in [-0.3, -0.25) is 4.79 Å². The number of carbonyl (C=O) groups excluding carboxylic acids is 1. The molecule has 0 radical (unpaired) electrons. The summed E-state index contributed by atoms with van der Waals surface area (Å²) in [6, 6.07) is 4.31. The number of benzene rings is 1. The Balaban J connectivity index is 2.32. The van der Waals surface area contributed by atoms with Crippen LogP contribution in [0.15, 0.2) is 35.7 Å². The lowest BCUT2D eigenvalue weighted by Crippen LogP contribution is -2.35. The normalized spacial score (nSPS) is 16.4. The monoisotopic (exact) mass is 328 g/mol. The van der Waals surface area contributed by atoms with Crippen LogP contribution in [0, 0.1) is 0 Å². The van der Waals surface area contributed by atoms with E-state index in [1.807, 2.05) is 0 Å². The molecule has 2 rings (SSSR count). The van der Waals surface area contributed by atoms with Crippen LogP contribution in [-0.4, -0.2) is 31.7 Å². The molecule has 114 valence electrons. The van der Waals surface area contributed by atoms with E-state index in [1.54, 1.807) is 0 Å². The number of hydrogen-bond acceptors (Lipinski definition) is 3. The standard InChI is InChI=1S/C14H17ClN2O3S/c1-2-14(18)16-13-10-11(6-7-12(13)15)21(19,20)17-8-4-3-5-9-17/h2,6-7,10H,1,3-5,8-9H2,(H,16,18). The van der Waals surface area contributed by atoms with E-state index in [2.05, 4.69) is 11.9 Å². The maximum Gasteiger partial charge on any atom is 0.247 e. The van der Waals surface area contributed by atoms with Gasteiger partial charge in [-0.15, -0.1) is 0 Å². The summed E-state index contributed by atoms with van der Waals surface area (Å²) in [6.07, 6.45) is 3.88. The summed E-state index contributed by atoms with van der Waals surface area (Å²) >= 11 is 5.98. The predicted molar refractivity (Wildman–Crippen MR) is 82.9 cm³/mol. The van der Waals surface area contributed by atoms with E-state index in [4.69, 9.17) is 11.6 Å². The summed E-state index contributed by atoms with van der Waals surface area (Å²) < 4.78 is 26.6. The molecule has 1 amide bonds. The van der Waals surface area contributed by atoms with Gasteiger partial charge in [0.15, 0.2) is 0 Å². The van der Waals surface area contributed by atoms with Gasteiger partial charge in [-0.1, -0.05) is 24.6 Å². The van der Waals surface area contributed by atoms with Crippen molar-refractivity contribution >= 4 is 33.2 Å². The number of nitrogens with one attached hydrogen (secondary N) is 1. The number of amides is 1. The van der Waals surface area contributed by atoms with Gasteiger partial charge in [0.2, 0.25) is 15.9 Å². The number of carbonyl (C=O) groups is 1. The first kappa shape index (κ1) is 16.0. The SMILES string of the molecule is C=CC(=O)Nc1cc(S(=O)(=O)N2CCCCC2)ccc1Cl. The number of hydrogen-bond donors (Lipinski definition) is 1. The summed E-state index contributed by atoms with van der Waals surface area (Å²) in [5, 5.41) is 2.78. The van der Waals surface area contributed by atoms with Crippen molar-refractivity contribution in [2.75, 3.05) is 18.4 Å². The first-order valence-corrected chi connectivity index (χ1v) is 8.50. The number of sulfonamides is 1. The van der Waals surface area contributed by atoms with Gasteiger partial charge in [0.25, 0.3) is 0 Å². The zero-order chi connectivity index (χ0) is 15.5. The van der Waals surface area contributed by atoms with Crippen molar-refractivity contribution in [1.29, 1.82) is 0 Å². The molecule has 1 saturated heterocycles. The Morgan fingerprint density at radius 1 is 1.29 bits per heavy atom. The van der Waals surface area contributed by atoms with Crippen molar-refractivity contribution in [3.8, 4) is 0 Å². The quantitative estimate of drug-likeness (QED) is 0.864. The van der Waals surface area contributed by atoms with Crippen molar-refractivity contribution in [2.45, 2.75) is 24.2 Å². The summed E-state index contributed by atoms with van der Waals surface area (Å²) in [5.74, 6) is -0.440. The van der Waals surface area contributed by atoms with Gasteiger partial charge in [0.05, 0.1) is 15.6 Å². The van der Waals surface area contributed by atoms with Gasteiger partial charge in [-0.25, -0.2) is 8.42 Å². The van der Waals surface area contributed by atoms with Crippen LogP contribution in [-0.2, 0) is 14.8 Å². The Labute approximate surface area is 129 Å². The second-order valence-electron chi connectivity index (χ2n) is 4.80. The molecule has 1 aliphatic rings. The summed E-state index contributed by atoms with van der Waals surface area (Å²) in [4.78, 5) is 11.5.